The number of nitrogen functional groups attached to an aromatic ring is 1. The summed E-state index contributed by atoms with van der Waals surface area (Å²) in [7, 11) is 0.254. The van der Waals surface area contributed by atoms with Gasteiger partial charge >= 0.3 is 0 Å². The van der Waals surface area contributed by atoms with Gasteiger partial charge in [-0.2, -0.15) is 0 Å². The summed E-state index contributed by atoms with van der Waals surface area (Å²) >= 11 is 3.21. The second-order valence-corrected chi connectivity index (χ2v) is 7.01. The number of nitrogens with two attached hydrogens (primary N) is 1. The van der Waals surface area contributed by atoms with Crippen LogP contribution in [0.25, 0.3) is 0 Å². The van der Waals surface area contributed by atoms with E-state index in [0.29, 0.717) is 16.7 Å². The molecule has 0 aliphatic rings. The lowest BCUT2D eigenvalue weighted by molar-refractivity contribution is 0.370. The van der Waals surface area contributed by atoms with Crippen molar-refractivity contribution < 1.29 is 8.42 Å². The van der Waals surface area contributed by atoms with E-state index in [1.54, 1.807) is 12.1 Å². The molecule has 1 aromatic carbocycles. The zero-order chi connectivity index (χ0) is 13.9. The summed E-state index contributed by atoms with van der Waals surface area (Å²) in [5, 5.41) is 0. The van der Waals surface area contributed by atoms with E-state index in [4.69, 9.17) is 5.73 Å². The first-order valence-electron chi connectivity index (χ1n) is 5.44. The molecule has 0 fully saturated rings. The Morgan fingerprint density at radius 2 is 2.06 bits per heavy atom. The van der Waals surface area contributed by atoms with Crippen LogP contribution in [0.2, 0.25) is 0 Å². The normalized spacial score (nSPS) is 13.8. The average Bonchev–Trinajstić information content (AvgIpc) is 2.13. The summed E-state index contributed by atoms with van der Waals surface area (Å²) in [6.45, 7) is 2.45. The van der Waals surface area contributed by atoms with Gasteiger partial charge in [-0.3, -0.25) is 0 Å². The summed E-state index contributed by atoms with van der Waals surface area (Å²) in [6, 6.07) is 4.46. The minimum Gasteiger partial charge on any atom is -0.399 e. The fourth-order valence-corrected chi connectivity index (χ4v) is 3.98. The number of nitrogens with one attached hydrogen (secondary N) is 1. The highest BCUT2D eigenvalue weighted by Crippen LogP contribution is 2.24. The first-order valence-corrected chi connectivity index (χ1v) is 7.72. The highest BCUT2D eigenvalue weighted by atomic mass is 79.9. The number of benzene rings is 1. The largest absolute Gasteiger partial charge is 0.399 e. The third-order valence-electron chi connectivity index (χ3n) is 2.24. The van der Waals surface area contributed by atoms with Crippen molar-refractivity contribution in [2.45, 2.75) is 17.9 Å². The number of anilines is 1. The van der Waals surface area contributed by atoms with E-state index >= 15 is 0 Å². The highest BCUT2D eigenvalue weighted by Gasteiger charge is 2.20. The Labute approximate surface area is 117 Å². The lowest BCUT2D eigenvalue weighted by Crippen LogP contribution is -2.39. The Hall–Kier alpha value is -0.630. The van der Waals surface area contributed by atoms with E-state index in [1.807, 2.05) is 25.9 Å². The van der Waals surface area contributed by atoms with Crippen molar-refractivity contribution in [3.05, 3.63) is 22.7 Å². The lowest BCUT2D eigenvalue weighted by Gasteiger charge is -2.18. The molecule has 0 amide bonds. The summed E-state index contributed by atoms with van der Waals surface area (Å²) in [6.07, 6.45) is 0. The monoisotopic (exact) mass is 335 g/mol. The molecule has 0 radical (unpaired) electrons. The fourth-order valence-electron chi connectivity index (χ4n) is 1.65. The van der Waals surface area contributed by atoms with Gasteiger partial charge in [-0.15, -0.1) is 0 Å². The maximum atomic E-state index is 12.2. The van der Waals surface area contributed by atoms with Crippen LogP contribution in [0.3, 0.4) is 0 Å². The number of rotatable bonds is 5. The Kier molecular flexibility index (Phi) is 5.15. The van der Waals surface area contributed by atoms with E-state index in [2.05, 4.69) is 20.7 Å². The second-order valence-electron chi connectivity index (χ2n) is 4.47. The van der Waals surface area contributed by atoms with Crippen molar-refractivity contribution in [1.29, 1.82) is 0 Å². The Morgan fingerprint density at radius 1 is 1.44 bits per heavy atom. The van der Waals surface area contributed by atoms with Crippen LogP contribution in [0, 0.1) is 0 Å². The maximum absolute atomic E-state index is 12.2. The van der Waals surface area contributed by atoms with Crippen LogP contribution >= 0.6 is 15.9 Å². The van der Waals surface area contributed by atoms with Crippen LogP contribution in [0.1, 0.15) is 6.92 Å². The molecule has 18 heavy (non-hydrogen) atoms. The van der Waals surface area contributed by atoms with Gasteiger partial charge in [0.1, 0.15) is 0 Å². The predicted molar refractivity (Wildman–Crippen MR) is 76.9 cm³/mol. The number of hydrogen-bond acceptors (Lipinski definition) is 4. The van der Waals surface area contributed by atoms with Gasteiger partial charge in [-0.25, -0.2) is 13.1 Å². The maximum Gasteiger partial charge on any atom is 0.241 e. The van der Waals surface area contributed by atoms with E-state index < -0.39 is 10.0 Å². The van der Waals surface area contributed by atoms with Crippen molar-refractivity contribution >= 4 is 31.6 Å². The molecule has 3 N–H and O–H groups in total. The van der Waals surface area contributed by atoms with Gasteiger partial charge in [0.05, 0.1) is 4.90 Å². The molecule has 0 spiro atoms. The minimum absolute atomic E-state index is 0.172. The number of halogens is 1. The van der Waals surface area contributed by atoms with Crippen LogP contribution in [0.15, 0.2) is 27.6 Å². The third kappa shape index (κ3) is 4.24. The quantitative estimate of drug-likeness (QED) is 0.794. The van der Waals surface area contributed by atoms with E-state index in [0.717, 1.165) is 0 Å². The molecule has 0 heterocycles. The van der Waals surface area contributed by atoms with Crippen molar-refractivity contribution in [3.63, 3.8) is 0 Å². The topological polar surface area (TPSA) is 75.4 Å². The summed E-state index contributed by atoms with van der Waals surface area (Å²) in [4.78, 5) is 2.12. The molecule has 1 atom stereocenters. The molecule has 1 unspecified atom stereocenters. The van der Waals surface area contributed by atoms with Crippen molar-refractivity contribution in [3.8, 4) is 0 Å². The van der Waals surface area contributed by atoms with E-state index in [-0.39, 0.29) is 10.9 Å². The molecule has 0 aromatic heterocycles. The second kappa shape index (κ2) is 6.01. The number of nitrogens with zero attached hydrogens (tertiary/aromatic N) is 1. The molecule has 0 saturated carbocycles. The van der Waals surface area contributed by atoms with Gasteiger partial charge in [0, 0.05) is 22.7 Å². The summed E-state index contributed by atoms with van der Waals surface area (Å²) in [5.41, 5.74) is 6.10. The Bertz CT molecular complexity index is 517. The van der Waals surface area contributed by atoms with Gasteiger partial charge in [0.15, 0.2) is 0 Å². The number of hydrogen-bond donors (Lipinski definition) is 2. The highest BCUT2D eigenvalue weighted by molar-refractivity contribution is 9.10. The number of likely N-dealkylation sites (N-methyl/N-ethyl adjacent to an activating group) is 1. The summed E-state index contributed by atoms with van der Waals surface area (Å²) in [5.74, 6) is 0. The molecule has 5 nitrogen and oxygen atoms in total. The SMILES string of the molecule is CC(CN(C)C)NS(=O)(=O)c1ccc(N)cc1Br. The summed E-state index contributed by atoms with van der Waals surface area (Å²) < 4.78 is 27.4. The van der Waals surface area contributed by atoms with E-state index in [1.165, 1.54) is 6.07 Å². The van der Waals surface area contributed by atoms with Crippen molar-refractivity contribution in [2.24, 2.45) is 0 Å². The van der Waals surface area contributed by atoms with Crippen LogP contribution in [0.5, 0.6) is 0 Å². The zero-order valence-electron chi connectivity index (χ0n) is 10.6. The third-order valence-corrected chi connectivity index (χ3v) is 4.81. The molecule has 0 saturated heterocycles. The molecule has 1 aromatic rings. The Morgan fingerprint density at radius 3 is 2.56 bits per heavy atom. The first kappa shape index (κ1) is 15.4. The molecule has 0 aliphatic heterocycles. The first-order chi connectivity index (χ1) is 8.22. The van der Waals surface area contributed by atoms with Crippen molar-refractivity contribution in [2.75, 3.05) is 26.4 Å². The fraction of sp³-hybridized carbons (Fsp3) is 0.455. The number of sulfonamides is 1. The standard InChI is InChI=1S/C11H18BrN3O2S/c1-8(7-15(2)3)14-18(16,17)11-5-4-9(13)6-10(11)12/h4-6,8,14H,7,13H2,1-3H3. The predicted octanol–water partition coefficient (Wildman–Crippen LogP) is 1.26. The van der Waals surface area contributed by atoms with Crippen LogP contribution < -0.4 is 10.5 Å². The van der Waals surface area contributed by atoms with Crippen LogP contribution in [0.4, 0.5) is 5.69 Å². The molecule has 1 rings (SSSR count). The van der Waals surface area contributed by atoms with Gasteiger partial charge in [0.2, 0.25) is 10.0 Å². The van der Waals surface area contributed by atoms with Crippen LogP contribution in [-0.2, 0) is 10.0 Å². The molecule has 7 heteroatoms. The van der Waals surface area contributed by atoms with Gasteiger partial charge in [-0.05, 0) is 55.1 Å². The van der Waals surface area contributed by atoms with Crippen LogP contribution in [-0.4, -0.2) is 40.0 Å². The average molecular weight is 336 g/mol. The van der Waals surface area contributed by atoms with Gasteiger partial charge in [-0.1, -0.05) is 0 Å². The zero-order valence-corrected chi connectivity index (χ0v) is 13.0. The van der Waals surface area contributed by atoms with Crippen molar-refractivity contribution in [1.82, 2.24) is 9.62 Å². The molecule has 0 aliphatic carbocycles. The Balaban J connectivity index is 2.93. The smallest absolute Gasteiger partial charge is 0.241 e. The molecule has 0 bridgehead atoms. The minimum atomic E-state index is -3.53. The molecule has 102 valence electrons. The van der Waals surface area contributed by atoms with Gasteiger partial charge < -0.3 is 10.6 Å². The molecular weight excluding hydrogens is 318 g/mol. The lowest BCUT2D eigenvalue weighted by atomic mass is 10.3. The van der Waals surface area contributed by atoms with Gasteiger partial charge in [0.25, 0.3) is 0 Å². The van der Waals surface area contributed by atoms with E-state index in [9.17, 15) is 8.42 Å². The molecular formula is C11H18BrN3O2S.